The van der Waals surface area contributed by atoms with Gasteiger partial charge in [-0.15, -0.1) is 0 Å². The lowest BCUT2D eigenvalue weighted by Gasteiger charge is -2.10. The number of methoxy groups -OCH3 is 1. The summed E-state index contributed by atoms with van der Waals surface area (Å²) >= 11 is 0. The molecule has 0 bridgehead atoms. The maximum absolute atomic E-state index is 12.8. The number of carbonyl (C=O) groups excluding carboxylic acids is 1. The zero-order chi connectivity index (χ0) is 18.6. The van der Waals surface area contributed by atoms with E-state index in [1.54, 1.807) is 13.4 Å². The number of nitrogens with one attached hydrogen (secondary N) is 1. The Bertz CT molecular complexity index is 924. The smallest absolute Gasteiger partial charge is 0.253 e. The fourth-order valence-electron chi connectivity index (χ4n) is 3.45. The van der Waals surface area contributed by atoms with Crippen molar-refractivity contribution in [1.82, 2.24) is 19.3 Å². The van der Waals surface area contributed by atoms with Crippen molar-refractivity contribution in [3.8, 4) is 11.4 Å². The number of amides is 1. The lowest BCUT2D eigenvalue weighted by Crippen LogP contribution is -2.31. The van der Waals surface area contributed by atoms with Gasteiger partial charge in [0.25, 0.3) is 5.91 Å². The molecule has 1 atom stereocenters. The molecule has 4 heterocycles. The number of carbonyl (C=O) groups is 1. The molecule has 142 valence electrons. The highest BCUT2D eigenvalue weighted by molar-refractivity contribution is 6.02. The molecule has 0 radical (unpaired) electrons. The van der Waals surface area contributed by atoms with Crippen molar-refractivity contribution in [3.63, 3.8) is 0 Å². The summed E-state index contributed by atoms with van der Waals surface area (Å²) < 4.78 is 14.7. The van der Waals surface area contributed by atoms with E-state index in [1.807, 2.05) is 45.6 Å². The van der Waals surface area contributed by atoms with Crippen LogP contribution in [0.5, 0.6) is 0 Å². The van der Waals surface area contributed by atoms with Crippen molar-refractivity contribution >= 4 is 11.4 Å². The van der Waals surface area contributed by atoms with E-state index in [4.69, 9.17) is 9.47 Å². The first-order chi connectivity index (χ1) is 13.3. The molecule has 7 nitrogen and oxygen atoms in total. The van der Waals surface area contributed by atoms with Gasteiger partial charge in [-0.2, -0.15) is 0 Å². The lowest BCUT2D eigenvalue weighted by atomic mass is 10.2. The normalized spacial score (nSPS) is 16.9. The summed E-state index contributed by atoms with van der Waals surface area (Å²) in [6, 6.07) is 7.75. The van der Waals surface area contributed by atoms with Crippen LogP contribution in [0, 0.1) is 0 Å². The molecule has 0 spiro atoms. The molecule has 3 aromatic rings. The second kappa shape index (κ2) is 7.94. The average molecular weight is 368 g/mol. The largest absolute Gasteiger partial charge is 0.383 e. The van der Waals surface area contributed by atoms with E-state index >= 15 is 0 Å². The molecule has 1 aliphatic rings. The third-order valence-corrected chi connectivity index (χ3v) is 4.88. The van der Waals surface area contributed by atoms with Gasteiger partial charge in [0.1, 0.15) is 5.69 Å². The Kier molecular flexibility index (Phi) is 5.22. The van der Waals surface area contributed by atoms with Gasteiger partial charge in [0.05, 0.1) is 35.8 Å². The molecule has 1 amide bonds. The molecule has 1 fully saturated rings. The quantitative estimate of drug-likeness (QED) is 0.695. The first-order valence-corrected chi connectivity index (χ1v) is 9.27. The Hall–Kier alpha value is -2.64. The fraction of sp³-hybridized carbons (Fsp3) is 0.400. The molecule has 1 saturated heterocycles. The summed E-state index contributed by atoms with van der Waals surface area (Å²) in [5.74, 6) is -0.0840. The summed E-state index contributed by atoms with van der Waals surface area (Å²) in [5, 5.41) is 3.01. The van der Waals surface area contributed by atoms with Gasteiger partial charge in [-0.3, -0.25) is 4.79 Å². The maximum Gasteiger partial charge on any atom is 0.253 e. The molecule has 1 aliphatic heterocycles. The summed E-state index contributed by atoms with van der Waals surface area (Å²) in [7, 11) is 1.68. The van der Waals surface area contributed by atoms with E-state index in [2.05, 4.69) is 10.3 Å². The van der Waals surface area contributed by atoms with Crippen molar-refractivity contribution in [2.24, 2.45) is 0 Å². The van der Waals surface area contributed by atoms with Crippen LogP contribution in [0.2, 0.25) is 0 Å². The van der Waals surface area contributed by atoms with Gasteiger partial charge in [-0.05, 0) is 31.0 Å². The minimum absolute atomic E-state index is 0.0840. The van der Waals surface area contributed by atoms with Gasteiger partial charge < -0.3 is 23.8 Å². The van der Waals surface area contributed by atoms with Crippen molar-refractivity contribution in [3.05, 3.63) is 48.5 Å². The Morgan fingerprint density at radius 1 is 1.44 bits per heavy atom. The van der Waals surface area contributed by atoms with Gasteiger partial charge in [0.15, 0.2) is 0 Å². The predicted molar refractivity (Wildman–Crippen MR) is 102 cm³/mol. The minimum atomic E-state index is -0.0840. The van der Waals surface area contributed by atoms with E-state index in [-0.39, 0.29) is 12.0 Å². The number of ether oxygens (including phenoxy) is 2. The highest BCUT2D eigenvalue weighted by Crippen LogP contribution is 2.25. The zero-order valence-electron chi connectivity index (χ0n) is 15.4. The number of imidazole rings is 1. The molecular weight excluding hydrogens is 344 g/mol. The van der Waals surface area contributed by atoms with Gasteiger partial charge in [-0.25, -0.2) is 4.98 Å². The number of hydrogen-bond donors (Lipinski definition) is 1. The zero-order valence-corrected chi connectivity index (χ0v) is 15.4. The van der Waals surface area contributed by atoms with E-state index in [9.17, 15) is 4.79 Å². The molecule has 3 aromatic heterocycles. The highest BCUT2D eigenvalue weighted by Gasteiger charge is 2.20. The molecule has 1 unspecified atom stereocenters. The average Bonchev–Trinajstić information content (AvgIpc) is 3.43. The van der Waals surface area contributed by atoms with Crippen molar-refractivity contribution < 1.29 is 14.3 Å². The van der Waals surface area contributed by atoms with Crippen molar-refractivity contribution in [2.75, 3.05) is 26.9 Å². The summed E-state index contributed by atoms with van der Waals surface area (Å²) in [4.78, 5) is 17.3. The van der Waals surface area contributed by atoms with Crippen LogP contribution in [-0.2, 0) is 16.0 Å². The van der Waals surface area contributed by atoms with Crippen LogP contribution >= 0.6 is 0 Å². The van der Waals surface area contributed by atoms with Crippen LogP contribution in [0.1, 0.15) is 23.2 Å². The molecule has 4 rings (SSSR count). The van der Waals surface area contributed by atoms with E-state index in [0.29, 0.717) is 18.7 Å². The number of hydrogen-bond acceptors (Lipinski definition) is 4. The van der Waals surface area contributed by atoms with Gasteiger partial charge >= 0.3 is 0 Å². The molecular formula is C20H24N4O3. The third kappa shape index (κ3) is 3.74. The third-order valence-electron chi connectivity index (χ3n) is 4.88. The van der Waals surface area contributed by atoms with E-state index in [0.717, 1.165) is 42.9 Å². The van der Waals surface area contributed by atoms with Gasteiger partial charge in [0, 0.05) is 39.2 Å². The molecule has 0 saturated carbocycles. The highest BCUT2D eigenvalue weighted by atomic mass is 16.5. The minimum Gasteiger partial charge on any atom is -0.383 e. The van der Waals surface area contributed by atoms with Gasteiger partial charge in [-0.1, -0.05) is 6.07 Å². The Morgan fingerprint density at radius 2 is 2.37 bits per heavy atom. The Labute approximate surface area is 157 Å². The Morgan fingerprint density at radius 3 is 3.19 bits per heavy atom. The van der Waals surface area contributed by atoms with Crippen LogP contribution in [0.25, 0.3) is 16.9 Å². The standard InChI is InChI=1S/C20H24N4O3/c1-26-10-8-23-13-17(22-14-23)19-11-16(18-6-2-3-7-24(18)19)20(25)21-12-15-5-4-9-27-15/h2-3,6-7,11,13-15H,4-5,8-10,12H2,1H3,(H,21,25). The first-order valence-electron chi connectivity index (χ1n) is 9.27. The Balaban J connectivity index is 1.60. The molecule has 7 heteroatoms. The number of pyridine rings is 1. The van der Waals surface area contributed by atoms with Crippen molar-refractivity contribution in [2.45, 2.75) is 25.5 Å². The monoisotopic (exact) mass is 368 g/mol. The second-order valence-electron chi connectivity index (χ2n) is 6.73. The molecule has 1 N–H and O–H groups in total. The number of aromatic nitrogens is 3. The van der Waals surface area contributed by atoms with Crippen LogP contribution in [0.3, 0.4) is 0 Å². The number of nitrogens with zero attached hydrogens (tertiary/aromatic N) is 3. The summed E-state index contributed by atoms with van der Waals surface area (Å²) in [6.07, 6.45) is 7.90. The molecule has 0 aliphatic carbocycles. The maximum atomic E-state index is 12.8. The van der Waals surface area contributed by atoms with Crippen LogP contribution < -0.4 is 5.32 Å². The molecule has 27 heavy (non-hydrogen) atoms. The van der Waals surface area contributed by atoms with Crippen molar-refractivity contribution in [1.29, 1.82) is 0 Å². The predicted octanol–water partition coefficient (Wildman–Crippen LogP) is 2.36. The lowest BCUT2D eigenvalue weighted by molar-refractivity contribution is 0.0859. The van der Waals surface area contributed by atoms with Crippen LogP contribution in [-0.4, -0.2) is 52.8 Å². The van der Waals surface area contributed by atoms with E-state index < -0.39 is 0 Å². The van der Waals surface area contributed by atoms with Crippen LogP contribution in [0.15, 0.2) is 43.0 Å². The van der Waals surface area contributed by atoms with E-state index in [1.165, 1.54) is 0 Å². The molecule has 0 aromatic carbocycles. The van der Waals surface area contributed by atoms with Gasteiger partial charge in [0.2, 0.25) is 0 Å². The second-order valence-corrected chi connectivity index (χ2v) is 6.73. The first kappa shape index (κ1) is 17.8. The topological polar surface area (TPSA) is 69.8 Å². The summed E-state index contributed by atoms with van der Waals surface area (Å²) in [5.41, 5.74) is 3.23. The summed E-state index contributed by atoms with van der Waals surface area (Å²) in [6.45, 7) is 2.69. The number of rotatable bonds is 7. The number of fused-ring (bicyclic) bond motifs is 1. The van der Waals surface area contributed by atoms with Crippen LogP contribution in [0.4, 0.5) is 0 Å². The fourth-order valence-corrected chi connectivity index (χ4v) is 3.45. The SMILES string of the molecule is COCCn1cnc(-c2cc(C(=O)NCC3CCCO3)c3ccccn23)c1.